The Kier molecular flexibility index (Phi) is 8.11. The fourth-order valence-electron chi connectivity index (χ4n) is 4.10. The second-order valence-corrected chi connectivity index (χ2v) is 7.89. The first-order valence-electron chi connectivity index (χ1n) is 10.0. The summed E-state index contributed by atoms with van der Waals surface area (Å²) in [5.74, 6) is -1.79. The van der Waals surface area contributed by atoms with Crippen LogP contribution in [0.15, 0.2) is 24.3 Å². The minimum absolute atomic E-state index is 0.0803. The minimum atomic E-state index is -5.08. The normalized spacial score (nSPS) is 22.2. The molecule has 0 aromatic heterocycles. The Labute approximate surface area is 174 Å². The van der Waals surface area contributed by atoms with Crippen molar-refractivity contribution in [3.8, 4) is 5.75 Å². The number of hydrogen-bond acceptors (Lipinski definition) is 4. The third-order valence-corrected chi connectivity index (χ3v) is 5.73. The topological polar surface area (TPSA) is 70.1 Å². The van der Waals surface area contributed by atoms with Gasteiger partial charge in [0.2, 0.25) is 0 Å². The molecule has 1 unspecified atom stereocenters. The van der Waals surface area contributed by atoms with Crippen LogP contribution in [0.4, 0.5) is 13.2 Å². The first kappa shape index (κ1) is 24.0. The molecule has 168 valence electrons. The molecular formula is C21H29F3N2O4. The summed E-state index contributed by atoms with van der Waals surface area (Å²) >= 11 is 0. The van der Waals surface area contributed by atoms with Crippen LogP contribution in [0.3, 0.4) is 0 Å². The van der Waals surface area contributed by atoms with Crippen LogP contribution in [0.5, 0.6) is 5.75 Å². The van der Waals surface area contributed by atoms with Crippen LogP contribution < -0.4 is 4.74 Å². The molecule has 2 aliphatic rings. The summed E-state index contributed by atoms with van der Waals surface area (Å²) in [6.07, 6.45) is 0.600. The summed E-state index contributed by atoms with van der Waals surface area (Å²) in [7, 11) is 2.18. The molecule has 9 heteroatoms. The van der Waals surface area contributed by atoms with E-state index in [1.807, 2.05) is 31.2 Å². The van der Waals surface area contributed by atoms with Crippen molar-refractivity contribution in [2.45, 2.75) is 50.7 Å². The molecule has 2 fully saturated rings. The summed E-state index contributed by atoms with van der Waals surface area (Å²) in [5.41, 5.74) is 1.16. The zero-order chi connectivity index (χ0) is 22.4. The van der Waals surface area contributed by atoms with Crippen molar-refractivity contribution >= 4 is 11.9 Å². The van der Waals surface area contributed by atoms with Crippen LogP contribution in [-0.4, -0.2) is 71.8 Å². The van der Waals surface area contributed by atoms with E-state index in [1.165, 1.54) is 6.42 Å². The molecule has 0 bridgehead atoms. The number of alkyl halides is 3. The maximum atomic E-state index is 12.8. The van der Waals surface area contributed by atoms with Gasteiger partial charge in [0.15, 0.2) is 6.61 Å². The lowest BCUT2D eigenvalue weighted by Crippen LogP contribution is -2.49. The summed E-state index contributed by atoms with van der Waals surface area (Å²) in [6, 6.07) is 7.88. The number of aliphatic carboxylic acids is 1. The molecule has 1 N–H and O–H groups in total. The second kappa shape index (κ2) is 10.1. The van der Waals surface area contributed by atoms with E-state index in [2.05, 4.69) is 16.8 Å². The number of carboxylic acid groups (broad SMARTS) is 1. The number of para-hydroxylation sites is 1. The van der Waals surface area contributed by atoms with Gasteiger partial charge in [0.05, 0.1) is 0 Å². The highest BCUT2D eigenvalue weighted by atomic mass is 19.4. The number of carbonyl (C=O) groups excluding carboxylic acids is 1. The molecule has 2 saturated heterocycles. The molecule has 1 aromatic carbocycles. The Morgan fingerprint density at radius 3 is 2.30 bits per heavy atom. The van der Waals surface area contributed by atoms with Gasteiger partial charge in [0.1, 0.15) is 5.75 Å². The number of likely N-dealkylation sites (tertiary alicyclic amines) is 2. The third-order valence-electron chi connectivity index (χ3n) is 5.73. The van der Waals surface area contributed by atoms with E-state index < -0.39 is 12.1 Å². The third kappa shape index (κ3) is 6.35. The van der Waals surface area contributed by atoms with Crippen molar-refractivity contribution in [2.75, 3.05) is 33.3 Å². The SMILES string of the molecule is Cc1ccccc1OCC(=O)N1CCCC12CCCN(C)CC2.O=C(O)C(F)(F)F. The number of amides is 1. The number of carboxylic acids is 1. The Balaban J connectivity index is 0.000000396. The molecule has 2 aliphatic heterocycles. The van der Waals surface area contributed by atoms with Crippen LogP contribution in [0.2, 0.25) is 0 Å². The van der Waals surface area contributed by atoms with Crippen molar-refractivity contribution in [3.63, 3.8) is 0 Å². The average molecular weight is 430 g/mol. The first-order valence-corrected chi connectivity index (χ1v) is 10.0. The predicted octanol–water partition coefficient (Wildman–Crippen LogP) is 3.48. The average Bonchev–Trinajstić information content (AvgIpc) is 2.99. The molecule has 0 radical (unpaired) electrons. The van der Waals surface area contributed by atoms with E-state index in [1.54, 1.807) is 0 Å². The zero-order valence-corrected chi connectivity index (χ0v) is 17.4. The molecule has 6 nitrogen and oxygen atoms in total. The minimum Gasteiger partial charge on any atom is -0.484 e. The van der Waals surface area contributed by atoms with E-state index in [-0.39, 0.29) is 18.1 Å². The van der Waals surface area contributed by atoms with E-state index in [0.717, 1.165) is 56.6 Å². The van der Waals surface area contributed by atoms with E-state index >= 15 is 0 Å². The van der Waals surface area contributed by atoms with Crippen LogP contribution >= 0.6 is 0 Å². The van der Waals surface area contributed by atoms with Gasteiger partial charge in [-0.3, -0.25) is 4.79 Å². The van der Waals surface area contributed by atoms with Crippen molar-refractivity contribution in [3.05, 3.63) is 29.8 Å². The van der Waals surface area contributed by atoms with E-state index in [0.29, 0.717) is 0 Å². The number of ether oxygens (including phenoxy) is 1. The highest BCUT2D eigenvalue weighted by Gasteiger charge is 2.43. The lowest BCUT2D eigenvalue weighted by molar-refractivity contribution is -0.192. The van der Waals surface area contributed by atoms with Gasteiger partial charge >= 0.3 is 12.1 Å². The van der Waals surface area contributed by atoms with Crippen molar-refractivity contribution in [1.29, 1.82) is 0 Å². The highest BCUT2D eigenvalue weighted by Crippen LogP contribution is 2.38. The monoisotopic (exact) mass is 430 g/mol. The van der Waals surface area contributed by atoms with Crippen LogP contribution in [0.25, 0.3) is 0 Å². The number of rotatable bonds is 3. The molecule has 1 spiro atoms. The van der Waals surface area contributed by atoms with Gasteiger partial charge in [-0.2, -0.15) is 13.2 Å². The standard InChI is InChI=1S/C19H28N2O2.C2HF3O2/c1-16-7-3-4-8-17(16)23-15-18(22)21-13-6-10-19(21)9-5-12-20(2)14-11-19;3-2(4,5)1(6)7/h3-4,7-8H,5-6,9-15H2,1-2H3;(H,6,7). The number of carbonyl (C=O) groups is 2. The van der Waals surface area contributed by atoms with Crippen LogP contribution in [-0.2, 0) is 9.59 Å². The molecule has 1 aromatic rings. The lowest BCUT2D eigenvalue weighted by atomic mass is 9.87. The van der Waals surface area contributed by atoms with Crippen molar-refractivity contribution in [2.24, 2.45) is 0 Å². The van der Waals surface area contributed by atoms with Gasteiger partial charge < -0.3 is 19.6 Å². The molecule has 30 heavy (non-hydrogen) atoms. The molecular weight excluding hydrogens is 401 g/mol. The van der Waals surface area contributed by atoms with Gasteiger partial charge in [-0.1, -0.05) is 18.2 Å². The number of benzene rings is 1. The maximum Gasteiger partial charge on any atom is 0.490 e. The van der Waals surface area contributed by atoms with Crippen molar-refractivity contribution < 1.29 is 32.6 Å². The lowest BCUT2D eigenvalue weighted by Gasteiger charge is -2.38. The first-order chi connectivity index (χ1) is 14.0. The maximum absolute atomic E-state index is 12.8. The highest BCUT2D eigenvalue weighted by molar-refractivity contribution is 5.79. The molecule has 2 heterocycles. The Bertz CT molecular complexity index is 741. The van der Waals surface area contributed by atoms with Crippen LogP contribution in [0.1, 0.15) is 37.7 Å². The molecule has 1 atom stereocenters. The summed E-state index contributed by atoms with van der Waals surface area (Å²) in [5, 5.41) is 7.12. The van der Waals surface area contributed by atoms with Gasteiger partial charge in [0, 0.05) is 18.6 Å². The Morgan fingerprint density at radius 1 is 1.10 bits per heavy atom. The molecule has 0 saturated carbocycles. The number of nitrogens with zero attached hydrogens (tertiary/aromatic N) is 2. The summed E-state index contributed by atoms with van der Waals surface area (Å²) in [6.45, 7) is 5.28. The quantitative estimate of drug-likeness (QED) is 0.795. The number of halogens is 3. The molecule has 1 amide bonds. The fraction of sp³-hybridized carbons (Fsp3) is 0.619. The number of aryl methyl sites for hydroxylation is 1. The summed E-state index contributed by atoms with van der Waals surface area (Å²) in [4.78, 5) is 26.2. The van der Waals surface area contributed by atoms with E-state index in [4.69, 9.17) is 14.6 Å². The van der Waals surface area contributed by atoms with Gasteiger partial charge in [0.25, 0.3) is 5.91 Å². The Hall–Kier alpha value is -2.29. The Morgan fingerprint density at radius 2 is 1.70 bits per heavy atom. The number of hydrogen-bond donors (Lipinski definition) is 1. The zero-order valence-electron chi connectivity index (χ0n) is 17.4. The van der Waals surface area contributed by atoms with Gasteiger partial charge in [-0.15, -0.1) is 0 Å². The van der Waals surface area contributed by atoms with Gasteiger partial charge in [-0.25, -0.2) is 4.79 Å². The second-order valence-electron chi connectivity index (χ2n) is 7.89. The summed E-state index contributed by atoms with van der Waals surface area (Å²) < 4.78 is 37.5. The largest absolute Gasteiger partial charge is 0.490 e. The smallest absolute Gasteiger partial charge is 0.484 e. The predicted molar refractivity (Wildman–Crippen MR) is 105 cm³/mol. The van der Waals surface area contributed by atoms with Crippen LogP contribution in [0, 0.1) is 6.92 Å². The van der Waals surface area contributed by atoms with E-state index in [9.17, 15) is 18.0 Å². The fourth-order valence-corrected chi connectivity index (χ4v) is 4.10. The van der Waals surface area contributed by atoms with Crippen molar-refractivity contribution in [1.82, 2.24) is 9.80 Å². The molecule has 3 rings (SSSR count). The van der Waals surface area contributed by atoms with Gasteiger partial charge in [-0.05, 0) is 64.3 Å². The molecule has 0 aliphatic carbocycles.